The summed E-state index contributed by atoms with van der Waals surface area (Å²) in [6.45, 7) is 6.59. The van der Waals surface area contributed by atoms with Crippen molar-refractivity contribution < 1.29 is 9.68 Å². The fraction of sp³-hybridized carbons (Fsp3) is 0.929. The fourth-order valence-corrected chi connectivity index (χ4v) is 3.80. The molecule has 0 spiro atoms. The Kier molecular flexibility index (Phi) is 3.68. The van der Waals surface area contributed by atoms with Crippen LogP contribution in [-0.2, 0) is 0 Å². The Morgan fingerprint density at radius 1 is 1.44 bits per heavy atom. The Balaban J connectivity index is 2.18. The molecule has 0 radical (unpaired) electrons. The van der Waals surface area contributed by atoms with E-state index in [0.29, 0.717) is 6.04 Å². The summed E-state index contributed by atoms with van der Waals surface area (Å²) in [4.78, 5) is 0. The molecule has 1 N–H and O–H groups in total. The van der Waals surface area contributed by atoms with Crippen LogP contribution in [0.3, 0.4) is 0 Å². The van der Waals surface area contributed by atoms with Crippen molar-refractivity contribution in [2.24, 2.45) is 5.92 Å². The zero-order valence-electron chi connectivity index (χ0n) is 10.9. The molecule has 2 heteroatoms. The first kappa shape index (κ1) is 12.1. The SMILES string of the molecule is CC1=[N+]2C(CC(C)O)CCCC2CC(C)C1. The first-order chi connectivity index (χ1) is 7.58. The van der Waals surface area contributed by atoms with Crippen LogP contribution in [0.1, 0.15) is 59.3 Å². The van der Waals surface area contributed by atoms with Gasteiger partial charge in [-0.05, 0) is 19.3 Å². The third-order valence-corrected chi connectivity index (χ3v) is 4.23. The van der Waals surface area contributed by atoms with Crippen LogP contribution in [-0.4, -0.2) is 33.6 Å². The maximum atomic E-state index is 9.60. The molecule has 0 bridgehead atoms. The fourth-order valence-electron chi connectivity index (χ4n) is 3.80. The molecule has 1 fully saturated rings. The number of aliphatic hydroxyl groups is 1. The predicted molar refractivity (Wildman–Crippen MR) is 67.1 cm³/mol. The van der Waals surface area contributed by atoms with E-state index in [1.165, 1.54) is 32.1 Å². The van der Waals surface area contributed by atoms with Gasteiger partial charge in [-0.2, -0.15) is 0 Å². The van der Waals surface area contributed by atoms with Crippen LogP contribution in [0.2, 0.25) is 0 Å². The average molecular weight is 224 g/mol. The summed E-state index contributed by atoms with van der Waals surface area (Å²) in [6, 6.07) is 1.37. The van der Waals surface area contributed by atoms with E-state index < -0.39 is 0 Å². The van der Waals surface area contributed by atoms with Crippen molar-refractivity contribution in [3.63, 3.8) is 0 Å². The van der Waals surface area contributed by atoms with Crippen molar-refractivity contribution in [1.82, 2.24) is 0 Å². The molecule has 2 nitrogen and oxygen atoms in total. The van der Waals surface area contributed by atoms with Gasteiger partial charge in [0, 0.05) is 39.0 Å². The van der Waals surface area contributed by atoms with E-state index in [4.69, 9.17) is 0 Å². The van der Waals surface area contributed by atoms with Crippen LogP contribution < -0.4 is 0 Å². The molecule has 2 aliphatic heterocycles. The largest absolute Gasteiger partial charge is 0.393 e. The number of hydrogen-bond acceptors (Lipinski definition) is 1. The monoisotopic (exact) mass is 224 g/mol. The molecule has 4 unspecified atom stereocenters. The lowest BCUT2D eigenvalue weighted by Crippen LogP contribution is -2.47. The lowest BCUT2D eigenvalue weighted by atomic mass is 9.83. The molecule has 0 amide bonds. The van der Waals surface area contributed by atoms with Gasteiger partial charge in [-0.1, -0.05) is 6.92 Å². The standard InChI is InChI=1S/C14H26NO/c1-10-7-11(2)15-13(8-10)5-4-6-14(15)9-12(3)16/h10,12-14,16H,4-9H2,1-3H3/q+1. The zero-order chi connectivity index (χ0) is 11.7. The Bertz CT molecular complexity index is 282. The number of nitrogens with zero attached hydrogens (tertiary/aromatic N) is 1. The summed E-state index contributed by atoms with van der Waals surface area (Å²) in [5, 5.41) is 9.60. The summed E-state index contributed by atoms with van der Waals surface area (Å²) in [5.74, 6) is 0.853. The van der Waals surface area contributed by atoms with E-state index in [-0.39, 0.29) is 6.10 Å². The molecular weight excluding hydrogens is 198 g/mol. The van der Waals surface area contributed by atoms with Gasteiger partial charge in [0.2, 0.25) is 0 Å². The number of piperidine rings is 1. The van der Waals surface area contributed by atoms with Crippen LogP contribution in [0, 0.1) is 5.92 Å². The van der Waals surface area contributed by atoms with Gasteiger partial charge in [-0.15, -0.1) is 0 Å². The summed E-state index contributed by atoms with van der Waals surface area (Å²) >= 11 is 0. The zero-order valence-corrected chi connectivity index (χ0v) is 10.9. The minimum atomic E-state index is -0.157. The molecule has 1 saturated heterocycles. The van der Waals surface area contributed by atoms with Crippen LogP contribution in [0.15, 0.2) is 0 Å². The highest BCUT2D eigenvalue weighted by Crippen LogP contribution is 2.31. The van der Waals surface area contributed by atoms with Gasteiger partial charge in [0.05, 0.1) is 6.10 Å². The van der Waals surface area contributed by atoms with Crippen molar-refractivity contribution in [3.05, 3.63) is 0 Å². The minimum absolute atomic E-state index is 0.157. The molecule has 92 valence electrons. The van der Waals surface area contributed by atoms with E-state index >= 15 is 0 Å². The van der Waals surface area contributed by atoms with Gasteiger partial charge in [0.1, 0.15) is 5.71 Å². The lowest BCUT2D eigenvalue weighted by Gasteiger charge is -2.34. The van der Waals surface area contributed by atoms with E-state index in [1.807, 2.05) is 6.92 Å². The molecule has 0 saturated carbocycles. The molecule has 4 atom stereocenters. The molecule has 2 aliphatic rings. The smallest absolute Gasteiger partial charge is 0.155 e. The minimum Gasteiger partial charge on any atom is -0.393 e. The number of aliphatic hydroxyl groups excluding tert-OH is 1. The van der Waals surface area contributed by atoms with Crippen LogP contribution in [0.25, 0.3) is 0 Å². The normalized spacial score (nSPS) is 37.1. The van der Waals surface area contributed by atoms with Crippen molar-refractivity contribution in [1.29, 1.82) is 0 Å². The van der Waals surface area contributed by atoms with E-state index in [2.05, 4.69) is 18.4 Å². The third-order valence-electron chi connectivity index (χ3n) is 4.23. The van der Waals surface area contributed by atoms with E-state index in [1.54, 1.807) is 5.71 Å². The summed E-state index contributed by atoms with van der Waals surface area (Å²) in [6.07, 6.45) is 7.38. The van der Waals surface area contributed by atoms with Gasteiger partial charge in [0.15, 0.2) is 12.1 Å². The van der Waals surface area contributed by atoms with Gasteiger partial charge in [0.25, 0.3) is 0 Å². The van der Waals surface area contributed by atoms with Crippen molar-refractivity contribution in [3.8, 4) is 0 Å². The number of fused-ring (bicyclic) bond motifs is 1. The third kappa shape index (κ3) is 2.48. The molecule has 0 aromatic heterocycles. The quantitative estimate of drug-likeness (QED) is 0.716. The molecule has 0 aromatic carbocycles. The second-order valence-corrected chi connectivity index (χ2v) is 6.01. The Labute approximate surface area is 99.4 Å². The molecular formula is C14H26NO+. The van der Waals surface area contributed by atoms with Gasteiger partial charge < -0.3 is 5.11 Å². The first-order valence-electron chi connectivity index (χ1n) is 6.86. The van der Waals surface area contributed by atoms with Crippen molar-refractivity contribution in [2.45, 2.75) is 77.5 Å². The second-order valence-electron chi connectivity index (χ2n) is 6.01. The maximum Gasteiger partial charge on any atom is 0.155 e. The molecule has 2 heterocycles. The van der Waals surface area contributed by atoms with Crippen LogP contribution >= 0.6 is 0 Å². The lowest BCUT2D eigenvalue weighted by molar-refractivity contribution is -0.620. The molecule has 2 rings (SSSR count). The predicted octanol–water partition coefficient (Wildman–Crippen LogP) is 2.58. The van der Waals surface area contributed by atoms with Gasteiger partial charge in [-0.25, -0.2) is 4.58 Å². The summed E-state index contributed by atoms with van der Waals surface area (Å²) < 4.78 is 2.65. The van der Waals surface area contributed by atoms with E-state index in [9.17, 15) is 5.11 Å². The molecule has 0 aromatic rings. The number of rotatable bonds is 2. The van der Waals surface area contributed by atoms with Crippen molar-refractivity contribution >= 4 is 5.71 Å². The highest BCUT2D eigenvalue weighted by atomic mass is 16.3. The summed E-state index contributed by atoms with van der Waals surface area (Å²) in [5.41, 5.74) is 1.56. The first-order valence-corrected chi connectivity index (χ1v) is 6.86. The van der Waals surface area contributed by atoms with Gasteiger partial charge in [-0.3, -0.25) is 0 Å². The topological polar surface area (TPSA) is 23.2 Å². The van der Waals surface area contributed by atoms with Crippen LogP contribution in [0.5, 0.6) is 0 Å². The van der Waals surface area contributed by atoms with Crippen LogP contribution in [0.4, 0.5) is 0 Å². The molecule has 16 heavy (non-hydrogen) atoms. The number of hydrogen-bond donors (Lipinski definition) is 1. The Morgan fingerprint density at radius 3 is 2.88 bits per heavy atom. The summed E-state index contributed by atoms with van der Waals surface area (Å²) in [7, 11) is 0. The molecule has 0 aliphatic carbocycles. The average Bonchev–Trinajstić information content (AvgIpc) is 2.15. The van der Waals surface area contributed by atoms with Crippen molar-refractivity contribution in [2.75, 3.05) is 0 Å². The second kappa shape index (κ2) is 4.87. The highest BCUT2D eigenvalue weighted by Gasteiger charge is 2.39. The Hall–Kier alpha value is -0.370. The van der Waals surface area contributed by atoms with Gasteiger partial charge >= 0.3 is 0 Å². The highest BCUT2D eigenvalue weighted by molar-refractivity contribution is 5.77. The Morgan fingerprint density at radius 2 is 2.19 bits per heavy atom. The van der Waals surface area contributed by atoms with E-state index in [0.717, 1.165) is 18.4 Å². The maximum absolute atomic E-state index is 9.60.